The van der Waals surface area contributed by atoms with Gasteiger partial charge in [-0.2, -0.15) is 0 Å². The lowest BCUT2D eigenvalue weighted by Crippen LogP contribution is -2.53. The van der Waals surface area contributed by atoms with E-state index in [4.69, 9.17) is 15.9 Å². The first kappa shape index (κ1) is 11.5. The molecule has 1 aliphatic rings. The molecule has 1 aliphatic carbocycles. The largest absolute Gasteiger partial charge is 0.481 e. The van der Waals surface area contributed by atoms with Crippen molar-refractivity contribution in [2.45, 2.75) is 25.7 Å². The smallest absolute Gasteiger partial charge is 0.320 e. The molecule has 0 saturated heterocycles. The van der Waals surface area contributed by atoms with Gasteiger partial charge in [-0.25, -0.2) is 0 Å². The van der Waals surface area contributed by atoms with E-state index >= 15 is 0 Å². The van der Waals surface area contributed by atoms with E-state index < -0.39 is 29.2 Å². The molecule has 1 fully saturated rings. The Morgan fingerprint density at radius 2 is 1.80 bits per heavy atom. The van der Waals surface area contributed by atoms with Crippen molar-refractivity contribution in [2.75, 3.05) is 0 Å². The second kappa shape index (κ2) is 3.88. The molecule has 15 heavy (non-hydrogen) atoms. The zero-order valence-corrected chi connectivity index (χ0v) is 8.10. The monoisotopic (exact) mass is 215 g/mol. The van der Waals surface area contributed by atoms with Gasteiger partial charge in [-0.1, -0.05) is 12.8 Å². The van der Waals surface area contributed by atoms with Crippen molar-refractivity contribution in [3.8, 4) is 0 Å². The number of carbonyl (C=O) groups is 3. The van der Waals surface area contributed by atoms with Crippen LogP contribution in [0.3, 0.4) is 0 Å². The third-order valence-electron chi connectivity index (χ3n) is 3.03. The van der Waals surface area contributed by atoms with Gasteiger partial charge in [-0.15, -0.1) is 0 Å². The van der Waals surface area contributed by atoms with Crippen LogP contribution in [-0.2, 0) is 14.4 Å². The summed E-state index contributed by atoms with van der Waals surface area (Å²) >= 11 is 0. The molecule has 0 heterocycles. The normalized spacial score (nSPS) is 30.8. The average Bonchev–Trinajstić information content (AvgIpc) is 2.16. The van der Waals surface area contributed by atoms with E-state index in [2.05, 4.69) is 0 Å². The first-order valence-electron chi connectivity index (χ1n) is 4.69. The number of carboxylic acid groups (broad SMARTS) is 2. The number of rotatable bonds is 3. The lowest BCUT2D eigenvalue weighted by molar-refractivity contribution is -0.170. The molecule has 0 radical (unpaired) electrons. The third kappa shape index (κ3) is 1.67. The van der Waals surface area contributed by atoms with Crippen molar-refractivity contribution >= 4 is 17.8 Å². The molecular weight excluding hydrogens is 202 g/mol. The molecule has 0 aromatic rings. The van der Waals surface area contributed by atoms with Crippen LogP contribution in [0.5, 0.6) is 0 Å². The molecule has 0 aromatic carbocycles. The number of carboxylic acids is 2. The van der Waals surface area contributed by atoms with Crippen molar-refractivity contribution < 1.29 is 24.6 Å². The summed E-state index contributed by atoms with van der Waals surface area (Å²) in [6.45, 7) is 0. The number of aliphatic carboxylic acids is 2. The Morgan fingerprint density at radius 3 is 2.13 bits per heavy atom. The molecule has 6 nitrogen and oxygen atoms in total. The maximum Gasteiger partial charge on any atom is 0.320 e. The van der Waals surface area contributed by atoms with E-state index in [1.54, 1.807) is 0 Å². The number of nitrogens with two attached hydrogens (primary N) is 1. The molecule has 1 saturated carbocycles. The summed E-state index contributed by atoms with van der Waals surface area (Å²) in [5.74, 6) is -4.96. The standard InChI is InChI=1S/C9H13NO5/c10-7(13)9(8(14)15)4-2-1-3-5(9)6(11)12/h5H,1-4H2,(H2,10,13)(H,11,12)(H,14,15). The predicted molar refractivity (Wildman–Crippen MR) is 48.9 cm³/mol. The van der Waals surface area contributed by atoms with Crippen LogP contribution < -0.4 is 5.73 Å². The SMILES string of the molecule is NC(=O)C1(C(=O)O)CCCCC1C(=O)O. The highest BCUT2D eigenvalue weighted by Crippen LogP contribution is 2.41. The first-order valence-corrected chi connectivity index (χ1v) is 4.69. The summed E-state index contributed by atoms with van der Waals surface area (Å²) in [6, 6.07) is 0. The van der Waals surface area contributed by atoms with Crippen molar-refractivity contribution in [3.05, 3.63) is 0 Å². The minimum absolute atomic E-state index is 0.00856. The summed E-state index contributed by atoms with van der Waals surface area (Å²) in [7, 11) is 0. The molecule has 2 unspecified atom stereocenters. The van der Waals surface area contributed by atoms with Crippen molar-refractivity contribution in [3.63, 3.8) is 0 Å². The number of hydrogen-bond donors (Lipinski definition) is 3. The van der Waals surface area contributed by atoms with Crippen LogP contribution in [0.25, 0.3) is 0 Å². The Balaban J connectivity index is 3.16. The molecule has 0 bridgehead atoms. The molecule has 0 spiro atoms. The highest BCUT2D eigenvalue weighted by Gasteiger charge is 2.55. The van der Waals surface area contributed by atoms with Crippen LogP contribution in [0.1, 0.15) is 25.7 Å². The second-order valence-corrected chi connectivity index (χ2v) is 3.78. The highest BCUT2D eigenvalue weighted by molar-refractivity contribution is 6.04. The molecule has 6 heteroatoms. The van der Waals surface area contributed by atoms with Gasteiger partial charge in [0.25, 0.3) is 0 Å². The van der Waals surface area contributed by atoms with Gasteiger partial charge in [0.1, 0.15) is 0 Å². The van der Waals surface area contributed by atoms with Crippen molar-refractivity contribution in [1.29, 1.82) is 0 Å². The number of primary amides is 1. The van der Waals surface area contributed by atoms with Gasteiger partial charge in [-0.05, 0) is 12.8 Å². The van der Waals surface area contributed by atoms with Gasteiger partial charge in [0, 0.05) is 0 Å². The van der Waals surface area contributed by atoms with Crippen LogP contribution >= 0.6 is 0 Å². The van der Waals surface area contributed by atoms with E-state index in [0.29, 0.717) is 12.8 Å². The van der Waals surface area contributed by atoms with Crippen molar-refractivity contribution in [2.24, 2.45) is 17.1 Å². The van der Waals surface area contributed by atoms with Gasteiger partial charge in [0.05, 0.1) is 5.92 Å². The molecule has 2 atom stereocenters. The minimum Gasteiger partial charge on any atom is -0.481 e. The first-order chi connectivity index (χ1) is 6.93. The van der Waals surface area contributed by atoms with Gasteiger partial charge >= 0.3 is 11.9 Å². The van der Waals surface area contributed by atoms with E-state index in [-0.39, 0.29) is 12.8 Å². The molecule has 0 aliphatic heterocycles. The van der Waals surface area contributed by atoms with E-state index in [0.717, 1.165) is 0 Å². The van der Waals surface area contributed by atoms with Crippen LogP contribution in [-0.4, -0.2) is 28.1 Å². The molecular formula is C9H13NO5. The lowest BCUT2D eigenvalue weighted by Gasteiger charge is -2.35. The fourth-order valence-electron chi connectivity index (χ4n) is 2.16. The summed E-state index contributed by atoms with van der Waals surface area (Å²) < 4.78 is 0. The van der Waals surface area contributed by atoms with Crippen LogP contribution in [0.15, 0.2) is 0 Å². The highest BCUT2D eigenvalue weighted by atomic mass is 16.4. The van der Waals surface area contributed by atoms with Gasteiger partial charge < -0.3 is 15.9 Å². The molecule has 1 rings (SSSR count). The summed E-state index contributed by atoms with van der Waals surface area (Å²) in [6.07, 6.45) is 1.32. The Kier molecular flexibility index (Phi) is 2.97. The van der Waals surface area contributed by atoms with E-state index in [9.17, 15) is 14.4 Å². The van der Waals surface area contributed by atoms with E-state index in [1.807, 2.05) is 0 Å². The number of hydrogen-bond acceptors (Lipinski definition) is 3. The van der Waals surface area contributed by atoms with Crippen molar-refractivity contribution in [1.82, 2.24) is 0 Å². The predicted octanol–water partition coefficient (Wildman–Crippen LogP) is -0.183. The second-order valence-electron chi connectivity index (χ2n) is 3.78. The van der Waals surface area contributed by atoms with Gasteiger partial charge in [0.15, 0.2) is 5.41 Å². The fourth-order valence-corrected chi connectivity index (χ4v) is 2.16. The molecule has 0 aromatic heterocycles. The van der Waals surface area contributed by atoms with Crippen LogP contribution in [0.2, 0.25) is 0 Å². The Hall–Kier alpha value is -1.59. The Labute approximate surface area is 86.1 Å². The fraction of sp³-hybridized carbons (Fsp3) is 0.667. The van der Waals surface area contributed by atoms with E-state index in [1.165, 1.54) is 0 Å². The lowest BCUT2D eigenvalue weighted by atomic mass is 9.65. The number of carbonyl (C=O) groups excluding carboxylic acids is 1. The zero-order chi connectivity index (χ0) is 11.6. The van der Waals surface area contributed by atoms with Gasteiger partial charge in [-0.3, -0.25) is 14.4 Å². The third-order valence-corrected chi connectivity index (χ3v) is 3.03. The molecule has 84 valence electrons. The maximum absolute atomic E-state index is 11.2. The maximum atomic E-state index is 11.2. The average molecular weight is 215 g/mol. The summed E-state index contributed by atoms with van der Waals surface area (Å²) in [4.78, 5) is 33.2. The molecule has 1 amide bonds. The quantitative estimate of drug-likeness (QED) is 0.564. The number of amides is 1. The summed E-state index contributed by atoms with van der Waals surface area (Å²) in [5, 5.41) is 17.9. The van der Waals surface area contributed by atoms with Crippen LogP contribution in [0, 0.1) is 11.3 Å². The Morgan fingerprint density at radius 1 is 1.20 bits per heavy atom. The van der Waals surface area contributed by atoms with Gasteiger partial charge in [0.2, 0.25) is 5.91 Å². The Bertz CT molecular complexity index is 298. The molecule has 4 N–H and O–H groups in total. The minimum atomic E-state index is -1.93. The zero-order valence-electron chi connectivity index (χ0n) is 8.10. The van der Waals surface area contributed by atoms with Crippen LogP contribution in [0.4, 0.5) is 0 Å². The summed E-state index contributed by atoms with van der Waals surface area (Å²) in [5.41, 5.74) is 3.12. The topological polar surface area (TPSA) is 118 Å².